The first-order valence-corrected chi connectivity index (χ1v) is 6.67. The molecule has 0 aliphatic heterocycles. The van der Waals surface area contributed by atoms with E-state index in [0.717, 1.165) is 5.56 Å². The number of benzene rings is 1. The second-order valence-corrected chi connectivity index (χ2v) is 4.81. The molecule has 110 valence electrons. The lowest BCUT2D eigenvalue weighted by Crippen LogP contribution is -2.21. The Hall–Kier alpha value is -3.09. The molecule has 0 amide bonds. The molecule has 3 aromatic rings. The van der Waals surface area contributed by atoms with Gasteiger partial charge in [-0.3, -0.25) is 24.5 Å². The lowest BCUT2D eigenvalue weighted by molar-refractivity contribution is -0.384. The zero-order valence-electron chi connectivity index (χ0n) is 11.5. The van der Waals surface area contributed by atoms with Crippen molar-refractivity contribution in [3.8, 4) is 0 Å². The highest BCUT2D eigenvalue weighted by atomic mass is 16.6. The van der Waals surface area contributed by atoms with Gasteiger partial charge in [0.25, 0.3) is 11.2 Å². The molecule has 7 heteroatoms. The molecule has 0 N–H and O–H groups in total. The van der Waals surface area contributed by atoms with Gasteiger partial charge in [-0.2, -0.15) is 0 Å². The van der Waals surface area contributed by atoms with Gasteiger partial charge in [-0.15, -0.1) is 0 Å². The molecule has 1 aromatic carbocycles. The van der Waals surface area contributed by atoms with E-state index in [-0.39, 0.29) is 11.2 Å². The Morgan fingerprint density at radius 1 is 1.18 bits per heavy atom. The summed E-state index contributed by atoms with van der Waals surface area (Å²) in [4.78, 5) is 30.7. The monoisotopic (exact) mass is 296 g/mol. The highest BCUT2D eigenvalue weighted by molar-refractivity contribution is 5.79. The van der Waals surface area contributed by atoms with Crippen LogP contribution in [-0.2, 0) is 13.0 Å². The number of aryl methyl sites for hydroxylation is 2. The minimum absolute atomic E-state index is 0.0751. The van der Waals surface area contributed by atoms with Crippen molar-refractivity contribution < 1.29 is 4.92 Å². The Kier molecular flexibility index (Phi) is 3.61. The van der Waals surface area contributed by atoms with Crippen molar-refractivity contribution in [1.82, 2.24) is 14.5 Å². The van der Waals surface area contributed by atoms with Crippen LogP contribution in [0.2, 0.25) is 0 Å². The Morgan fingerprint density at radius 2 is 1.95 bits per heavy atom. The smallest absolute Gasteiger partial charge is 0.271 e. The Bertz CT molecular complexity index is 890. The molecule has 0 aliphatic rings. The van der Waals surface area contributed by atoms with Crippen molar-refractivity contribution in [3.05, 3.63) is 75.1 Å². The molecular formula is C15H12N4O3. The molecule has 0 saturated carbocycles. The SMILES string of the molecule is O=c1c2ccc([N+](=O)[O-])cc2ncn1CCc1ccncc1. The number of nitrogens with zero attached hydrogens (tertiary/aromatic N) is 4. The minimum atomic E-state index is -0.504. The average molecular weight is 296 g/mol. The second kappa shape index (κ2) is 5.72. The van der Waals surface area contributed by atoms with E-state index < -0.39 is 4.92 Å². The van der Waals surface area contributed by atoms with Crippen LogP contribution in [0, 0.1) is 10.1 Å². The van der Waals surface area contributed by atoms with Crippen LogP contribution in [0.25, 0.3) is 10.9 Å². The molecule has 22 heavy (non-hydrogen) atoms. The number of rotatable bonds is 4. The largest absolute Gasteiger partial charge is 0.298 e. The van der Waals surface area contributed by atoms with Gasteiger partial charge in [0.15, 0.2) is 0 Å². The van der Waals surface area contributed by atoms with Gasteiger partial charge in [0.2, 0.25) is 0 Å². The molecule has 0 aliphatic carbocycles. The molecule has 0 bridgehead atoms. The Morgan fingerprint density at radius 3 is 2.68 bits per heavy atom. The number of hydrogen-bond donors (Lipinski definition) is 0. The van der Waals surface area contributed by atoms with Gasteiger partial charge in [-0.25, -0.2) is 4.98 Å². The molecule has 2 heterocycles. The summed E-state index contributed by atoms with van der Waals surface area (Å²) in [5.41, 5.74) is 1.13. The van der Waals surface area contributed by atoms with Crippen LogP contribution in [-0.4, -0.2) is 19.5 Å². The first kappa shape index (κ1) is 13.9. The summed E-state index contributed by atoms with van der Waals surface area (Å²) in [6.07, 6.45) is 5.52. The molecule has 0 spiro atoms. The number of pyridine rings is 1. The van der Waals surface area contributed by atoms with Gasteiger partial charge in [-0.05, 0) is 30.2 Å². The van der Waals surface area contributed by atoms with Crippen molar-refractivity contribution in [3.63, 3.8) is 0 Å². The maximum Gasteiger partial charge on any atom is 0.271 e. The average Bonchev–Trinajstić information content (AvgIpc) is 2.55. The number of nitro benzene ring substituents is 1. The third-order valence-electron chi connectivity index (χ3n) is 3.41. The van der Waals surface area contributed by atoms with Crippen LogP contribution in [0.15, 0.2) is 53.8 Å². The molecule has 3 rings (SSSR count). The zero-order chi connectivity index (χ0) is 15.5. The fourth-order valence-electron chi connectivity index (χ4n) is 2.22. The molecule has 0 atom stereocenters. The Labute approximate surface area is 125 Å². The molecule has 7 nitrogen and oxygen atoms in total. The van der Waals surface area contributed by atoms with Crippen LogP contribution in [0.5, 0.6) is 0 Å². The summed E-state index contributed by atoms with van der Waals surface area (Å²) in [5.74, 6) is 0. The van der Waals surface area contributed by atoms with Gasteiger partial charge in [-0.1, -0.05) is 0 Å². The summed E-state index contributed by atoms with van der Waals surface area (Å²) in [7, 11) is 0. The van der Waals surface area contributed by atoms with Crippen LogP contribution in [0.1, 0.15) is 5.56 Å². The van der Waals surface area contributed by atoms with Gasteiger partial charge in [0.1, 0.15) is 0 Å². The predicted molar refractivity (Wildman–Crippen MR) is 80.6 cm³/mol. The molecule has 0 radical (unpaired) electrons. The summed E-state index contributed by atoms with van der Waals surface area (Å²) in [5, 5.41) is 11.1. The highest BCUT2D eigenvalue weighted by Crippen LogP contribution is 2.16. The van der Waals surface area contributed by atoms with E-state index in [9.17, 15) is 14.9 Å². The summed E-state index contributed by atoms with van der Waals surface area (Å²) < 4.78 is 1.51. The van der Waals surface area contributed by atoms with Gasteiger partial charge >= 0.3 is 0 Å². The third kappa shape index (κ3) is 2.69. The van der Waals surface area contributed by atoms with Gasteiger partial charge in [0.05, 0.1) is 22.2 Å². The minimum Gasteiger partial charge on any atom is -0.298 e. The molecule has 0 fully saturated rings. The normalized spacial score (nSPS) is 10.7. The van der Waals surface area contributed by atoms with E-state index in [2.05, 4.69) is 9.97 Å². The van der Waals surface area contributed by atoms with E-state index in [0.29, 0.717) is 23.9 Å². The quantitative estimate of drug-likeness (QED) is 0.542. The highest BCUT2D eigenvalue weighted by Gasteiger charge is 2.10. The lowest BCUT2D eigenvalue weighted by Gasteiger charge is -2.06. The summed E-state index contributed by atoms with van der Waals surface area (Å²) in [6, 6.07) is 7.86. The van der Waals surface area contributed by atoms with E-state index in [1.54, 1.807) is 12.4 Å². The van der Waals surface area contributed by atoms with Gasteiger partial charge < -0.3 is 0 Å². The number of non-ortho nitro benzene ring substituents is 1. The van der Waals surface area contributed by atoms with Gasteiger partial charge in [0, 0.05) is 31.1 Å². The van der Waals surface area contributed by atoms with Crippen LogP contribution in [0.3, 0.4) is 0 Å². The summed E-state index contributed by atoms with van der Waals surface area (Å²) in [6.45, 7) is 0.489. The number of aromatic nitrogens is 3. The van der Waals surface area contributed by atoms with Crippen molar-refractivity contribution in [2.45, 2.75) is 13.0 Å². The van der Waals surface area contributed by atoms with Crippen LogP contribution < -0.4 is 5.56 Å². The third-order valence-corrected chi connectivity index (χ3v) is 3.41. The van der Waals surface area contributed by atoms with E-state index in [1.807, 2.05) is 12.1 Å². The van der Waals surface area contributed by atoms with Crippen molar-refractivity contribution in [1.29, 1.82) is 0 Å². The first-order valence-electron chi connectivity index (χ1n) is 6.67. The standard InChI is InChI=1S/C15H12N4O3/c20-15-13-2-1-12(19(21)22)9-14(13)17-10-18(15)8-5-11-3-6-16-7-4-11/h1-4,6-7,9-10H,5,8H2. The van der Waals surface area contributed by atoms with Crippen molar-refractivity contribution in [2.75, 3.05) is 0 Å². The molecule has 0 unspecified atom stereocenters. The van der Waals surface area contributed by atoms with E-state index in [4.69, 9.17) is 0 Å². The van der Waals surface area contributed by atoms with Crippen LogP contribution >= 0.6 is 0 Å². The van der Waals surface area contributed by atoms with E-state index >= 15 is 0 Å². The number of hydrogen-bond acceptors (Lipinski definition) is 5. The number of fused-ring (bicyclic) bond motifs is 1. The molecule has 0 saturated heterocycles. The fourth-order valence-corrected chi connectivity index (χ4v) is 2.22. The second-order valence-electron chi connectivity index (χ2n) is 4.81. The Balaban J connectivity index is 1.92. The fraction of sp³-hybridized carbons (Fsp3) is 0.133. The summed E-state index contributed by atoms with van der Waals surface area (Å²) >= 11 is 0. The first-order chi connectivity index (χ1) is 10.6. The topological polar surface area (TPSA) is 90.9 Å². The molecule has 2 aromatic heterocycles. The van der Waals surface area contributed by atoms with E-state index in [1.165, 1.54) is 29.1 Å². The van der Waals surface area contributed by atoms with Crippen molar-refractivity contribution in [2.24, 2.45) is 0 Å². The van der Waals surface area contributed by atoms with Crippen molar-refractivity contribution >= 4 is 16.6 Å². The maximum atomic E-state index is 12.4. The lowest BCUT2D eigenvalue weighted by atomic mass is 10.2. The van der Waals surface area contributed by atoms with Crippen LogP contribution in [0.4, 0.5) is 5.69 Å². The maximum absolute atomic E-state index is 12.4. The zero-order valence-corrected chi connectivity index (χ0v) is 11.5. The predicted octanol–water partition coefficient (Wildman–Crippen LogP) is 1.94. The molecular weight excluding hydrogens is 284 g/mol. The number of nitro groups is 1.